The SMILES string of the molecule is Cc1cc(C)cc(-n2nnnc2C2(N3CCCC3)CCC(C)CC2)c1. The van der Waals surface area contributed by atoms with Crippen LogP contribution in [0, 0.1) is 19.8 Å². The Morgan fingerprint density at radius 1 is 1.00 bits per heavy atom. The maximum absolute atomic E-state index is 4.58. The number of benzene rings is 1. The molecule has 2 heterocycles. The maximum Gasteiger partial charge on any atom is 0.176 e. The number of likely N-dealkylation sites (tertiary alicyclic amines) is 1. The minimum absolute atomic E-state index is 0.00413. The Hall–Kier alpha value is -1.75. The van der Waals surface area contributed by atoms with Crippen molar-refractivity contribution in [2.45, 2.75) is 64.8 Å². The van der Waals surface area contributed by atoms with Crippen LogP contribution in [0.3, 0.4) is 0 Å². The van der Waals surface area contributed by atoms with Crippen molar-refractivity contribution in [3.8, 4) is 5.69 Å². The highest BCUT2D eigenvalue weighted by molar-refractivity contribution is 5.39. The summed E-state index contributed by atoms with van der Waals surface area (Å²) >= 11 is 0. The van der Waals surface area contributed by atoms with Crippen LogP contribution in [0.1, 0.15) is 62.4 Å². The Bertz CT molecular complexity index is 716. The van der Waals surface area contributed by atoms with Crippen LogP contribution in [0.2, 0.25) is 0 Å². The van der Waals surface area contributed by atoms with Gasteiger partial charge in [-0.25, -0.2) is 0 Å². The first-order valence-electron chi connectivity index (χ1n) is 9.71. The van der Waals surface area contributed by atoms with Gasteiger partial charge in [-0.1, -0.05) is 13.0 Å². The molecule has 2 aliphatic rings. The summed E-state index contributed by atoms with van der Waals surface area (Å²) < 4.78 is 2.01. The second-order valence-corrected chi connectivity index (χ2v) is 8.17. The van der Waals surface area contributed by atoms with Gasteiger partial charge in [-0.05, 0) is 105 Å². The van der Waals surface area contributed by atoms with Gasteiger partial charge >= 0.3 is 0 Å². The standard InChI is InChI=1S/C20H29N5/c1-15-6-8-20(9-7-15,24-10-4-5-11-24)19-21-22-23-25(19)18-13-16(2)12-17(3)14-18/h12-15H,4-11H2,1-3H3. The fraction of sp³-hybridized carbons (Fsp3) is 0.650. The van der Waals surface area contributed by atoms with E-state index in [1.807, 2.05) is 4.68 Å². The van der Waals surface area contributed by atoms with E-state index in [9.17, 15) is 0 Å². The van der Waals surface area contributed by atoms with E-state index in [4.69, 9.17) is 0 Å². The zero-order chi connectivity index (χ0) is 17.4. The first-order chi connectivity index (χ1) is 12.1. The van der Waals surface area contributed by atoms with Crippen molar-refractivity contribution < 1.29 is 0 Å². The number of aromatic nitrogens is 4. The number of hydrogen-bond acceptors (Lipinski definition) is 4. The molecule has 4 rings (SSSR count). The normalized spacial score (nSPS) is 27.7. The number of tetrazole rings is 1. The Morgan fingerprint density at radius 2 is 1.64 bits per heavy atom. The third-order valence-electron chi connectivity index (χ3n) is 6.15. The lowest BCUT2D eigenvalue weighted by Crippen LogP contribution is -2.48. The summed E-state index contributed by atoms with van der Waals surface area (Å²) in [6.45, 7) is 9.00. The molecule has 0 bridgehead atoms. The largest absolute Gasteiger partial charge is 0.291 e. The molecular weight excluding hydrogens is 310 g/mol. The number of rotatable bonds is 3. The van der Waals surface area contributed by atoms with Gasteiger partial charge in [0.1, 0.15) is 0 Å². The predicted octanol–water partition coefficient (Wildman–Crippen LogP) is 3.78. The molecule has 134 valence electrons. The Kier molecular flexibility index (Phi) is 4.36. The second-order valence-electron chi connectivity index (χ2n) is 8.17. The highest BCUT2D eigenvalue weighted by Crippen LogP contribution is 2.45. The van der Waals surface area contributed by atoms with Crippen LogP contribution in [0.5, 0.6) is 0 Å². The van der Waals surface area contributed by atoms with Gasteiger partial charge in [0, 0.05) is 0 Å². The van der Waals surface area contributed by atoms with Gasteiger partial charge in [-0.2, -0.15) is 4.68 Å². The average Bonchev–Trinajstić information content (AvgIpc) is 3.27. The van der Waals surface area contributed by atoms with E-state index in [-0.39, 0.29) is 5.54 Å². The minimum atomic E-state index is 0.00413. The molecule has 25 heavy (non-hydrogen) atoms. The molecule has 1 saturated carbocycles. The minimum Gasteiger partial charge on any atom is -0.291 e. The van der Waals surface area contributed by atoms with Crippen molar-refractivity contribution in [2.75, 3.05) is 13.1 Å². The molecule has 1 saturated heterocycles. The van der Waals surface area contributed by atoms with Gasteiger partial charge < -0.3 is 0 Å². The lowest BCUT2D eigenvalue weighted by atomic mass is 9.75. The highest BCUT2D eigenvalue weighted by Gasteiger charge is 2.46. The monoisotopic (exact) mass is 339 g/mol. The summed E-state index contributed by atoms with van der Waals surface area (Å²) in [5.74, 6) is 1.85. The van der Waals surface area contributed by atoms with Gasteiger partial charge in [-0.15, -0.1) is 5.10 Å². The molecule has 1 aliphatic heterocycles. The van der Waals surface area contributed by atoms with Crippen molar-refractivity contribution in [2.24, 2.45) is 5.92 Å². The molecule has 0 radical (unpaired) electrons. The van der Waals surface area contributed by atoms with Gasteiger partial charge in [0.25, 0.3) is 0 Å². The zero-order valence-electron chi connectivity index (χ0n) is 15.7. The highest BCUT2D eigenvalue weighted by atomic mass is 15.6. The molecule has 0 N–H and O–H groups in total. The van der Waals surface area contributed by atoms with E-state index < -0.39 is 0 Å². The number of aryl methyl sites for hydroxylation is 2. The third kappa shape index (κ3) is 2.99. The van der Waals surface area contributed by atoms with Crippen LogP contribution in [0.4, 0.5) is 0 Å². The quantitative estimate of drug-likeness (QED) is 0.854. The molecule has 1 aromatic heterocycles. The van der Waals surface area contributed by atoms with Gasteiger partial charge in [0.2, 0.25) is 0 Å². The van der Waals surface area contributed by atoms with E-state index >= 15 is 0 Å². The first-order valence-corrected chi connectivity index (χ1v) is 9.71. The molecule has 0 unspecified atom stereocenters. The number of nitrogens with zero attached hydrogens (tertiary/aromatic N) is 5. The van der Waals surface area contributed by atoms with Crippen molar-refractivity contribution >= 4 is 0 Å². The topological polar surface area (TPSA) is 46.8 Å². The summed E-state index contributed by atoms with van der Waals surface area (Å²) in [6.07, 6.45) is 7.44. The molecule has 1 aliphatic carbocycles. The molecule has 2 fully saturated rings. The summed E-state index contributed by atoms with van der Waals surface area (Å²) in [5, 5.41) is 13.1. The van der Waals surface area contributed by atoms with Gasteiger partial charge in [-0.3, -0.25) is 4.90 Å². The van der Waals surface area contributed by atoms with Gasteiger partial charge in [0.05, 0.1) is 11.2 Å². The van der Waals surface area contributed by atoms with E-state index in [1.54, 1.807) is 0 Å². The van der Waals surface area contributed by atoms with Crippen molar-refractivity contribution in [3.63, 3.8) is 0 Å². The Morgan fingerprint density at radius 3 is 2.28 bits per heavy atom. The van der Waals surface area contributed by atoms with Crippen LogP contribution in [0.25, 0.3) is 5.69 Å². The van der Waals surface area contributed by atoms with E-state index in [1.165, 1.54) is 62.7 Å². The molecule has 2 aromatic rings. The van der Waals surface area contributed by atoms with Crippen molar-refractivity contribution in [1.29, 1.82) is 0 Å². The van der Waals surface area contributed by atoms with Crippen molar-refractivity contribution in [1.82, 2.24) is 25.1 Å². The molecule has 5 nitrogen and oxygen atoms in total. The van der Waals surface area contributed by atoms with Crippen LogP contribution in [-0.4, -0.2) is 38.2 Å². The summed E-state index contributed by atoms with van der Waals surface area (Å²) in [4.78, 5) is 2.67. The molecule has 1 aromatic carbocycles. The fourth-order valence-corrected chi connectivity index (χ4v) is 4.79. The zero-order valence-corrected chi connectivity index (χ0v) is 15.7. The summed E-state index contributed by atoms with van der Waals surface area (Å²) in [7, 11) is 0. The third-order valence-corrected chi connectivity index (χ3v) is 6.15. The van der Waals surface area contributed by atoms with Crippen molar-refractivity contribution in [3.05, 3.63) is 35.2 Å². The lowest BCUT2D eigenvalue weighted by molar-refractivity contribution is 0.0455. The lowest BCUT2D eigenvalue weighted by Gasteiger charge is -2.44. The molecule has 0 amide bonds. The molecular formula is C20H29N5. The van der Waals surface area contributed by atoms with Crippen LogP contribution >= 0.6 is 0 Å². The van der Waals surface area contributed by atoms with Crippen LogP contribution in [-0.2, 0) is 5.54 Å². The Balaban J connectivity index is 1.80. The number of hydrogen-bond donors (Lipinski definition) is 0. The predicted molar refractivity (Wildman–Crippen MR) is 98.7 cm³/mol. The van der Waals surface area contributed by atoms with Crippen LogP contribution < -0.4 is 0 Å². The average molecular weight is 339 g/mol. The summed E-state index contributed by atoms with van der Waals surface area (Å²) in [6, 6.07) is 6.58. The first kappa shape index (κ1) is 16.7. The molecule has 0 spiro atoms. The maximum atomic E-state index is 4.58. The van der Waals surface area contributed by atoms with E-state index in [2.05, 4.69) is 59.4 Å². The van der Waals surface area contributed by atoms with Crippen LogP contribution in [0.15, 0.2) is 18.2 Å². The van der Waals surface area contributed by atoms with Gasteiger partial charge in [0.15, 0.2) is 5.82 Å². The smallest absolute Gasteiger partial charge is 0.176 e. The summed E-state index contributed by atoms with van der Waals surface area (Å²) in [5.41, 5.74) is 3.60. The Labute approximate surface area is 150 Å². The van der Waals surface area contributed by atoms with E-state index in [0.717, 1.165) is 17.4 Å². The van der Waals surface area contributed by atoms with E-state index in [0.29, 0.717) is 0 Å². The fourth-order valence-electron chi connectivity index (χ4n) is 4.79. The molecule has 5 heteroatoms. The molecule has 0 atom stereocenters. The second kappa shape index (κ2) is 6.52.